The average molecular weight is 529 g/mol. The Morgan fingerprint density at radius 1 is 1.08 bits per heavy atom. The van der Waals surface area contributed by atoms with E-state index in [4.69, 9.17) is 14.2 Å². The molecule has 11 nitrogen and oxygen atoms in total. The van der Waals surface area contributed by atoms with Crippen molar-refractivity contribution in [3.05, 3.63) is 70.4 Å². The lowest BCUT2D eigenvalue weighted by atomic mass is 10.1. The number of hydrogen-bond donors (Lipinski definition) is 1. The molecule has 1 saturated heterocycles. The van der Waals surface area contributed by atoms with Crippen LogP contribution in [0.2, 0.25) is 0 Å². The Morgan fingerprint density at radius 2 is 1.78 bits per heavy atom. The third kappa shape index (κ3) is 5.36. The molecule has 1 aliphatic rings. The maximum Gasteiger partial charge on any atom is 0.289 e. The molecule has 1 aromatic heterocycles. The number of sulfonamides is 1. The van der Waals surface area contributed by atoms with Crippen LogP contribution in [0.3, 0.4) is 0 Å². The van der Waals surface area contributed by atoms with Gasteiger partial charge in [0, 0.05) is 37.0 Å². The minimum atomic E-state index is -4.19. The Balaban J connectivity index is 1.74. The van der Waals surface area contributed by atoms with E-state index in [-0.39, 0.29) is 17.5 Å². The molecular formula is C25H28N4O7S. The van der Waals surface area contributed by atoms with Crippen LogP contribution in [-0.2, 0) is 16.6 Å². The summed E-state index contributed by atoms with van der Waals surface area (Å²) in [5.74, 6) is 1.36. The van der Waals surface area contributed by atoms with Crippen molar-refractivity contribution >= 4 is 15.7 Å². The third-order valence-electron chi connectivity index (χ3n) is 6.21. The molecule has 4 rings (SSSR count). The molecule has 12 heteroatoms. The molecule has 3 aromatic rings. The van der Waals surface area contributed by atoms with Gasteiger partial charge in [0.05, 0.1) is 31.9 Å². The number of aromatic nitrogens is 1. The van der Waals surface area contributed by atoms with E-state index in [9.17, 15) is 18.5 Å². The Kier molecular flexibility index (Phi) is 7.91. The summed E-state index contributed by atoms with van der Waals surface area (Å²) in [6, 6.07) is 12.1. The number of nitrogens with one attached hydrogen (secondary N) is 1. The predicted molar refractivity (Wildman–Crippen MR) is 136 cm³/mol. The molecule has 37 heavy (non-hydrogen) atoms. The van der Waals surface area contributed by atoms with Gasteiger partial charge < -0.3 is 19.5 Å². The van der Waals surface area contributed by atoms with Crippen LogP contribution in [-0.4, -0.2) is 63.1 Å². The SMILES string of the molecule is COc1cc(-c2cc(CN([C@H]3CCNC3)S(=O)(=O)c3ccccc3[N+](=O)[O-])ccn2)cc(OC)c1OC. The highest BCUT2D eigenvalue weighted by atomic mass is 32.2. The lowest BCUT2D eigenvalue weighted by molar-refractivity contribution is -0.387. The Morgan fingerprint density at radius 3 is 2.38 bits per heavy atom. The molecule has 2 heterocycles. The number of para-hydroxylation sites is 1. The molecule has 0 aliphatic carbocycles. The Hall–Kier alpha value is -3.74. The second-order valence-corrected chi connectivity index (χ2v) is 10.2. The second kappa shape index (κ2) is 11.1. The zero-order valence-corrected chi connectivity index (χ0v) is 21.5. The normalized spacial score (nSPS) is 15.5. The van der Waals surface area contributed by atoms with Crippen LogP contribution in [0.25, 0.3) is 11.3 Å². The highest BCUT2D eigenvalue weighted by Crippen LogP contribution is 2.41. The maximum atomic E-state index is 13.8. The molecule has 2 aromatic carbocycles. The topological polar surface area (TPSA) is 133 Å². The van der Waals surface area contributed by atoms with Crippen molar-refractivity contribution in [3.63, 3.8) is 0 Å². The minimum Gasteiger partial charge on any atom is -0.493 e. The number of nitro groups is 1. The molecule has 1 atom stereocenters. The predicted octanol–water partition coefficient (Wildman–Crippen LogP) is 3.24. The molecule has 1 fully saturated rings. The van der Waals surface area contributed by atoms with Crippen LogP contribution in [0, 0.1) is 10.1 Å². The average Bonchev–Trinajstić information content (AvgIpc) is 3.45. The van der Waals surface area contributed by atoms with E-state index < -0.39 is 20.6 Å². The van der Waals surface area contributed by atoms with E-state index in [0.717, 1.165) is 0 Å². The lowest BCUT2D eigenvalue weighted by Crippen LogP contribution is -2.41. The van der Waals surface area contributed by atoms with Gasteiger partial charge >= 0.3 is 0 Å². The number of nitro benzene ring substituents is 1. The molecule has 0 bridgehead atoms. The van der Waals surface area contributed by atoms with Crippen molar-refractivity contribution in [3.8, 4) is 28.5 Å². The molecule has 0 amide bonds. The summed E-state index contributed by atoms with van der Waals surface area (Å²) in [7, 11) is 0.365. The number of rotatable bonds is 10. The maximum absolute atomic E-state index is 13.8. The van der Waals surface area contributed by atoms with Crippen molar-refractivity contribution in [2.24, 2.45) is 0 Å². The lowest BCUT2D eigenvalue weighted by Gasteiger charge is -2.27. The standard InChI is InChI=1S/C25H28N4O7S/c1-34-22-13-18(14-23(35-2)25(22)36-3)20-12-17(8-11-27-20)16-28(19-9-10-26-15-19)37(32,33)24-7-5-4-6-21(24)29(30)31/h4-8,11-14,19,26H,9-10,15-16H2,1-3H3/t19-/m0/s1. The number of benzene rings is 2. The van der Waals surface area contributed by atoms with Gasteiger partial charge in [-0.25, -0.2) is 8.42 Å². The summed E-state index contributed by atoms with van der Waals surface area (Å²) >= 11 is 0. The van der Waals surface area contributed by atoms with E-state index >= 15 is 0 Å². The largest absolute Gasteiger partial charge is 0.493 e. The fourth-order valence-electron chi connectivity index (χ4n) is 4.39. The second-order valence-electron chi connectivity index (χ2n) is 8.39. The first-order valence-corrected chi connectivity index (χ1v) is 13.0. The fourth-order valence-corrected chi connectivity index (χ4v) is 6.19. The minimum absolute atomic E-state index is 0.0146. The number of ether oxygens (including phenoxy) is 3. The van der Waals surface area contributed by atoms with Gasteiger partial charge in [-0.2, -0.15) is 4.31 Å². The van der Waals surface area contributed by atoms with E-state index in [2.05, 4.69) is 10.3 Å². The van der Waals surface area contributed by atoms with Gasteiger partial charge in [0.15, 0.2) is 16.4 Å². The molecular weight excluding hydrogens is 500 g/mol. The van der Waals surface area contributed by atoms with Crippen LogP contribution in [0.15, 0.2) is 59.6 Å². The smallest absolute Gasteiger partial charge is 0.289 e. The van der Waals surface area contributed by atoms with Gasteiger partial charge in [-0.1, -0.05) is 12.1 Å². The van der Waals surface area contributed by atoms with Crippen LogP contribution < -0.4 is 19.5 Å². The molecule has 196 valence electrons. The van der Waals surface area contributed by atoms with Gasteiger partial charge in [0.1, 0.15) is 0 Å². The van der Waals surface area contributed by atoms with Gasteiger partial charge in [-0.15, -0.1) is 0 Å². The number of hydrogen-bond acceptors (Lipinski definition) is 9. The highest BCUT2D eigenvalue weighted by molar-refractivity contribution is 7.89. The summed E-state index contributed by atoms with van der Waals surface area (Å²) in [6.07, 6.45) is 2.18. The summed E-state index contributed by atoms with van der Waals surface area (Å²) in [4.78, 5) is 15.1. The van der Waals surface area contributed by atoms with Crippen LogP contribution in [0.4, 0.5) is 5.69 Å². The molecule has 0 spiro atoms. The Bertz CT molecular complexity index is 1370. The van der Waals surface area contributed by atoms with Gasteiger partial charge in [0.2, 0.25) is 5.75 Å². The first-order chi connectivity index (χ1) is 17.8. The van der Waals surface area contributed by atoms with Crippen molar-refractivity contribution < 1.29 is 27.6 Å². The van der Waals surface area contributed by atoms with Crippen LogP contribution in [0.5, 0.6) is 17.2 Å². The van der Waals surface area contributed by atoms with Crippen LogP contribution >= 0.6 is 0 Å². The number of nitrogens with zero attached hydrogens (tertiary/aromatic N) is 3. The summed E-state index contributed by atoms with van der Waals surface area (Å²) < 4.78 is 45.2. The molecule has 0 unspecified atom stereocenters. The third-order valence-corrected chi connectivity index (χ3v) is 8.16. The molecule has 0 radical (unpaired) electrons. The monoisotopic (exact) mass is 528 g/mol. The van der Waals surface area contributed by atoms with Gasteiger partial charge in [0.25, 0.3) is 15.7 Å². The van der Waals surface area contributed by atoms with Crippen molar-refractivity contribution in [1.82, 2.24) is 14.6 Å². The van der Waals surface area contributed by atoms with Crippen molar-refractivity contribution in [2.75, 3.05) is 34.4 Å². The van der Waals surface area contributed by atoms with Crippen LogP contribution in [0.1, 0.15) is 12.0 Å². The fraction of sp³-hybridized carbons (Fsp3) is 0.320. The van der Waals surface area contributed by atoms with E-state index in [0.29, 0.717) is 53.6 Å². The number of pyridine rings is 1. The zero-order valence-electron chi connectivity index (χ0n) is 20.7. The summed E-state index contributed by atoms with van der Waals surface area (Å²) in [5, 5.41) is 14.8. The summed E-state index contributed by atoms with van der Waals surface area (Å²) in [5.41, 5.74) is 1.48. The highest BCUT2D eigenvalue weighted by Gasteiger charge is 2.37. The van der Waals surface area contributed by atoms with Crippen molar-refractivity contribution in [1.29, 1.82) is 0 Å². The first-order valence-electron chi connectivity index (χ1n) is 11.5. The molecule has 1 aliphatic heterocycles. The van der Waals surface area contributed by atoms with Gasteiger partial charge in [-0.3, -0.25) is 15.1 Å². The summed E-state index contributed by atoms with van der Waals surface area (Å²) in [6.45, 7) is 1.12. The zero-order chi connectivity index (χ0) is 26.6. The first kappa shape index (κ1) is 26.3. The van der Waals surface area contributed by atoms with E-state index in [1.54, 1.807) is 30.5 Å². The number of methoxy groups -OCH3 is 3. The van der Waals surface area contributed by atoms with Gasteiger partial charge in [-0.05, 0) is 48.9 Å². The quantitative estimate of drug-likeness (QED) is 0.311. The Labute approximate surface area is 215 Å². The molecule has 0 saturated carbocycles. The van der Waals surface area contributed by atoms with E-state index in [1.165, 1.54) is 49.9 Å². The molecule has 1 N–H and O–H groups in total. The van der Waals surface area contributed by atoms with Crippen molar-refractivity contribution in [2.45, 2.75) is 23.9 Å². The van der Waals surface area contributed by atoms with E-state index in [1.807, 2.05) is 0 Å².